The summed E-state index contributed by atoms with van der Waals surface area (Å²) in [4.78, 5) is 0. The average Bonchev–Trinajstić information content (AvgIpc) is 3.22. The SMILES string of the molecule is PC(CCCP(CCCC(P)(C1CCCCC1)C1CCCCC1)CCCC(P)(C1CCCCC1)C1CCCCC1)(C1CCCCC1)C1CCCCC1. The molecule has 0 aromatic heterocycles. The van der Waals surface area contributed by atoms with Crippen LogP contribution in [0, 0.1) is 35.5 Å². The fourth-order valence-corrected chi connectivity index (χ4v) is 19.3. The van der Waals surface area contributed by atoms with Gasteiger partial charge >= 0.3 is 0 Å². The maximum absolute atomic E-state index is 3.67. The molecule has 0 aliphatic heterocycles. The predicted molar refractivity (Wildman–Crippen MR) is 246 cm³/mol. The first kappa shape index (κ1) is 43.3. The highest BCUT2D eigenvalue weighted by Crippen LogP contribution is 2.56. The molecule has 0 radical (unpaired) electrons. The molecule has 0 amide bonds. The van der Waals surface area contributed by atoms with Crippen LogP contribution in [0.1, 0.15) is 231 Å². The number of hydrogen-bond acceptors (Lipinski definition) is 0. The molecule has 6 rings (SSSR count). The van der Waals surface area contributed by atoms with E-state index in [2.05, 4.69) is 27.7 Å². The van der Waals surface area contributed by atoms with Gasteiger partial charge in [-0.1, -0.05) is 116 Å². The lowest BCUT2D eigenvalue weighted by Gasteiger charge is -2.48. The molecule has 3 atom stereocenters. The molecule has 52 heavy (non-hydrogen) atoms. The van der Waals surface area contributed by atoms with Crippen molar-refractivity contribution in [3.63, 3.8) is 0 Å². The lowest BCUT2D eigenvalue weighted by molar-refractivity contribution is 0.164. The normalized spacial score (nSPS) is 25.6. The largest absolute Gasteiger partial charge is 0.131 e. The quantitative estimate of drug-likeness (QED) is 0.121. The molecule has 6 saturated carbocycles. The first-order valence-electron chi connectivity index (χ1n) is 24.5. The molecular weight excluding hydrogens is 700 g/mol. The summed E-state index contributed by atoms with van der Waals surface area (Å²) in [6.07, 6.45) is 59.6. The number of rotatable bonds is 18. The van der Waals surface area contributed by atoms with E-state index in [4.69, 9.17) is 0 Å². The summed E-state index contributed by atoms with van der Waals surface area (Å²) in [6, 6.07) is 0. The molecule has 6 aliphatic carbocycles. The van der Waals surface area contributed by atoms with Crippen LogP contribution in [0.25, 0.3) is 0 Å². The molecule has 0 aromatic carbocycles. The van der Waals surface area contributed by atoms with E-state index >= 15 is 0 Å². The lowest BCUT2D eigenvalue weighted by atomic mass is 9.67. The fourth-order valence-electron chi connectivity index (χ4n) is 14.2. The van der Waals surface area contributed by atoms with Gasteiger partial charge in [-0.25, -0.2) is 0 Å². The van der Waals surface area contributed by atoms with Crippen molar-refractivity contribution in [1.29, 1.82) is 0 Å². The highest BCUT2D eigenvalue weighted by atomic mass is 31.1. The van der Waals surface area contributed by atoms with Gasteiger partial charge < -0.3 is 0 Å². The van der Waals surface area contributed by atoms with E-state index in [0.29, 0.717) is 15.5 Å². The zero-order valence-corrected chi connectivity index (χ0v) is 39.1. The van der Waals surface area contributed by atoms with Crippen LogP contribution in [-0.4, -0.2) is 34.0 Å². The van der Waals surface area contributed by atoms with Crippen molar-refractivity contribution < 1.29 is 0 Å². The van der Waals surface area contributed by atoms with Crippen LogP contribution < -0.4 is 0 Å². The summed E-state index contributed by atoms with van der Waals surface area (Å²) in [5, 5.41) is 1.66. The van der Waals surface area contributed by atoms with Crippen LogP contribution in [0.15, 0.2) is 0 Å². The Labute approximate surface area is 334 Å². The first-order valence-corrected chi connectivity index (χ1v) is 28.1. The van der Waals surface area contributed by atoms with Crippen molar-refractivity contribution in [2.45, 2.75) is 247 Å². The van der Waals surface area contributed by atoms with E-state index in [-0.39, 0.29) is 7.92 Å². The summed E-state index contributed by atoms with van der Waals surface area (Å²) in [7, 11) is 11.1. The molecule has 0 spiro atoms. The molecule has 6 aliphatic rings. The molecule has 6 fully saturated rings. The molecule has 0 N–H and O–H groups in total. The summed E-state index contributed by atoms with van der Waals surface area (Å²) in [5.41, 5.74) is 0. The Morgan fingerprint density at radius 2 is 0.462 bits per heavy atom. The fraction of sp³-hybridized carbons (Fsp3) is 1.00. The monoisotopic (exact) mass is 791 g/mol. The molecule has 0 saturated heterocycles. The third kappa shape index (κ3) is 11.7. The van der Waals surface area contributed by atoms with E-state index in [0.717, 1.165) is 35.5 Å². The van der Waals surface area contributed by atoms with E-state index in [1.165, 1.54) is 231 Å². The van der Waals surface area contributed by atoms with Crippen molar-refractivity contribution in [1.82, 2.24) is 0 Å². The maximum Gasteiger partial charge on any atom is -0.00937 e. The second-order valence-electron chi connectivity index (χ2n) is 20.5. The minimum Gasteiger partial charge on any atom is -0.131 e. The Hall–Kier alpha value is 1.72. The maximum atomic E-state index is 3.67. The highest BCUT2D eigenvalue weighted by molar-refractivity contribution is 7.57. The van der Waals surface area contributed by atoms with Crippen molar-refractivity contribution in [3.05, 3.63) is 0 Å². The van der Waals surface area contributed by atoms with Crippen LogP contribution in [-0.2, 0) is 0 Å². The predicted octanol–water partition coefficient (Wildman–Crippen LogP) is 16.1. The van der Waals surface area contributed by atoms with E-state index in [1.807, 2.05) is 0 Å². The highest BCUT2D eigenvalue weighted by Gasteiger charge is 2.44. The Balaban J connectivity index is 1.13. The van der Waals surface area contributed by atoms with Gasteiger partial charge in [0.15, 0.2) is 0 Å². The van der Waals surface area contributed by atoms with Crippen LogP contribution in [0.2, 0.25) is 0 Å². The minimum absolute atomic E-state index is 0.148. The van der Waals surface area contributed by atoms with Gasteiger partial charge in [-0.05, 0) is 185 Å². The van der Waals surface area contributed by atoms with Gasteiger partial charge in [-0.2, -0.15) is 0 Å². The smallest absolute Gasteiger partial charge is 0.00937 e. The standard InChI is InChI=1S/C48H90P4/c49-46(40-22-7-1-8-23-40,41-24-9-2-10-25-41)34-19-37-52(38-20-35-47(50,42-26-11-3-12-27-42)43-28-13-4-14-29-43)39-21-36-48(51,44-30-15-5-16-31-44)45-32-17-6-18-33-45/h40-45H,1-39,49-51H2. The van der Waals surface area contributed by atoms with Crippen LogP contribution in [0.4, 0.5) is 0 Å². The van der Waals surface area contributed by atoms with E-state index in [9.17, 15) is 0 Å². The Morgan fingerprint density at radius 3 is 0.635 bits per heavy atom. The Bertz CT molecular complexity index is 781. The van der Waals surface area contributed by atoms with Gasteiger partial charge in [0.05, 0.1) is 0 Å². The molecular formula is C48H90P4. The van der Waals surface area contributed by atoms with E-state index < -0.39 is 0 Å². The van der Waals surface area contributed by atoms with Crippen LogP contribution >= 0.6 is 35.6 Å². The molecule has 0 aromatic rings. The topological polar surface area (TPSA) is 0 Å². The summed E-state index contributed by atoms with van der Waals surface area (Å²) < 4.78 is 0. The van der Waals surface area contributed by atoms with Gasteiger partial charge in [-0.15, -0.1) is 35.6 Å². The molecule has 4 heteroatoms. The summed E-state index contributed by atoms with van der Waals surface area (Å²) >= 11 is 0. The van der Waals surface area contributed by atoms with Crippen molar-refractivity contribution in [2.24, 2.45) is 35.5 Å². The van der Waals surface area contributed by atoms with Gasteiger partial charge in [0.2, 0.25) is 0 Å². The molecule has 0 bridgehead atoms. The lowest BCUT2D eigenvalue weighted by Crippen LogP contribution is -2.42. The van der Waals surface area contributed by atoms with Crippen LogP contribution in [0.3, 0.4) is 0 Å². The minimum atomic E-state index is 0.148. The third-order valence-electron chi connectivity index (χ3n) is 17.4. The van der Waals surface area contributed by atoms with Crippen molar-refractivity contribution in [2.75, 3.05) is 18.5 Å². The van der Waals surface area contributed by atoms with Gasteiger partial charge in [0.1, 0.15) is 0 Å². The van der Waals surface area contributed by atoms with E-state index in [1.54, 1.807) is 18.5 Å². The first-order chi connectivity index (χ1) is 25.4. The Morgan fingerprint density at radius 1 is 0.288 bits per heavy atom. The third-order valence-corrected chi connectivity index (χ3v) is 24.0. The van der Waals surface area contributed by atoms with Gasteiger partial charge in [-0.3, -0.25) is 0 Å². The molecule has 302 valence electrons. The summed E-state index contributed by atoms with van der Waals surface area (Å²) in [5.74, 6) is 5.96. The van der Waals surface area contributed by atoms with Gasteiger partial charge in [0, 0.05) is 0 Å². The summed E-state index contributed by atoms with van der Waals surface area (Å²) in [6.45, 7) is 0. The molecule has 0 heterocycles. The number of hydrogen-bond donors (Lipinski definition) is 0. The average molecular weight is 791 g/mol. The molecule has 3 unspecified atom stereocenters. The second kappa shape index (κ2) is 22.2. The zero-order chi connectivity index (χ0) is 36.1. The Kier molecular flexibility index (Phi) is 18.5. The van der Waals surface area contributed by atoms with Crippen molar-refractivity contribution >= 4 is 35.6 Å². The zero-order valence-electron chi connectivity index (χ0n) is 34.7. The van der Waals surface area contributed by atoms with Crippen molar-refractivity contribution in [3.8, 4) is 0 Å². The second-order valence-corrected chi connectivity index (χ2v) is 26.4. The molecule has 0 nitrogen and oxygen atoms in total. The van der Waals surface area contributed by atoms with Crippen LogP contribution in [0.5, 0.6) is 0 Å². The van der Waals surface area contributed by atoms with Gasteiger partial charge in [0.25, 0.3) is 0 Å².